The van der Waals surface area contributed by atoms with Crippen molar-refractivity contribution in [3.63, 3.8) is 0 Å². The number of amidine groups is 1. The minimum atomic E-state index is -4.50. The van der Waals surface area contributed by atoms with E-state index in [1.807, 2.05) is 97.4 Å². The Balaban J connectivity index is 0.000000146. The molecule has 4 aliphatic carbocycles. The molecule has 1 aliphatic heterocycles. The van der Waals surface area contributed by atoms with Gasteiger partial charge in [0.2, 0.25) is 23.6 Å². The maximum Gasteiger partial charge on any atom is 0.416 e. The fraction of sp³-hybridized carbons (Fsp3) is 0.317. The first-order valence-corrected chi connectivity index (χ1v) is 55.1. The molecule has 5 aliphatic rings. The van der Waals surface area contributed by atoms with Crippen LogP contribution < -0.4 is 43.0 Å². The molecule has 37 heteroatoms. The van der Waals surface area contributed by atoms with Crippen molar-refractivity contribution in [2.45, 2.75) is 175 Å². The van der Waals surface area contributed by atoms with E-state index in [1.54, 1.807) is 48.0 Å². The van der Waals surface area contributed by atoms with Gasteiger partial charge in [0.15, 0.2) is 17.5 Å². The number of aliphatic imine (C=N–C) groups is 1. The van der Waals surface area contributed by atoms with Crippen LogP contribution in [-0.4, -0.2) is 106 Å². The maximum absolute atomic E-state index is 13.1. The number of carbonyl (C=O) groups excluding carboxylic acids is 7. The Kier molecular flexibility index (Phi) is 32.8. The molecule has 0 unspecified atom stereocenters. The molecule has 18 rings (SSSR count). The number of H-pyrrole nitrogens is 1. The number of rotatable bonds is 27. The van der Waals surface area contributed by atoms with Gasteiger partial charge in [-0.05, 0) is 281 Å². The van der Waals surface area contributed by atoms with E-state index in [-0.39, 0.29) is 76.7 Å². The quantitative estimate of drug-likeness (QED) is 0.0100. The van der Waals surface area contributed by atoms with Crippen LogP contribution in [0.3, 0.4) is 0 Å². The molecule has 4 fully saturated rings. The second kappa shape index (κ2) is 44.5. The Hall–Kier alpha value is -12.9. The normalized spacial score (nSPS) is 14.0. The SMILES string of the molecule is C[Si](C)(C)CCOCn1nc(NC(=O)C2CC2)c2ccc(Br)cc21.Cc1ccc(C(=O)Nc2cccc(C(F)(F)F)c2)cc1Cc1ccc2c(NC(=O)C3CC3)nn(COCC[Si](C)(C)C)c2c1.Cc1ccc(C(=O)Nc2cccc(C(F)(F)F)c2)cc1Cc1ccc2c(c1)CN=C2NC(=O)C1CC1.Cc1ccc(C(=O)Nc2cccc(C(F)(F)F)c2)cc1N.O=C(Nc1n[nH]c2cc(Br)ccc12)C1CC1. The number of alkyl halides is 9. The molecule has 0 spiro atoms. The Morgan fingerprint density at radius 2 is 0.809 bits per heavy atom. The topological polar surface area (TPSA) is 325 Å². The molecule has 0 bridgehead atoms. The van der Waals surface area contributed by atoms with Crippen molar-refractivity contribution in [3.05, 3.63) is 293 Å². The molecule has 3 aromatic heterocycles. The lowest BCUT2D eigenvalue weighted by Crippen LogP contribution is -2.31. The van der Waals surface area contributed by atoms with Crippen molar-refractivity contribution in [2.75, 3.05) is 50.8 Å². The van der Waals surface area contributed by atoms with Crippen LogP contribution in [0.5, 0.6) is 0 Å². The monoisotopic (exact) mass is 2100 g/mol. The first kappa shape index (κ1) is 104. The molecule has 4 heterocycles. The Morgan fingerprint density at radius 3 is 1.23 bits per heavy atom. The molecule has 141 heavy (non-hydrogen) atoms. The van der Waals surface area contributed by atoms with Gasteiger partial charge in [0.05, 0.1) is 39.8 Å². The third-order valence-electron chi connectivity index (χ3n) is 24.0. The maximum atomic E-state index is 13.1. The highest BCUT2D eigenvalue weighted by Crippen LogP contribution is 2.40. The number of ether oxygens (including phenoxy) is 2. The van der Waals surface area contributed by atoms with Crippen LogP contribution in [0.25, 0.3) is 32.7 Å². The highest BCUT2D eigenvalue weighted by Gasteiger charge is 2.37. The van der Waals surface area contributed by atoms with Crippen LogP contribution in [0.1, 0.15) is 149 Å². The molecule has 0 radical (unpaired) electrons. The number of nitrogens with zero attached hydrogens (tertiary/aromatic N) is 6. The average Bonchev–Trinajstić information content (AvgIpc) is 1.71. The summed E-state index contributed by atoms with van der Waals surface area (Å²) in [6.07, 6.45) is -4.73. The van der Waals surface area contributed by atoms with E-state index in [1.165, 1.54) is 42.5 Å². The highest BCUT2D eigenvalue weighted by atomic mass is 79.9. The second-order valence-electron chi connectivity index (χ2n) is 38.2. The summed E-state index contributed by atoms with van der Waals surface area (Å²) in [6, 6.07) is 54.7. The number of nitrogens with two attached hydrogens (primary N) is 1. The third-order valence-corrected chi connectivity index (χ3v) is 28.4. The predicted molar refractivity (Wildman–Crippen MR) is 543 cm³/mol. The lowest BCUT2D eigenvalue weighted by molar-refractivity contribution is -0.138. The first-order valence-electron chi connectivity index (χ1n) is 46.1. The Morgan fingerprint density at radius 1 is 0.426 bits per heavy atom. The molecule has 0 saturated heterocycles. The highest BCUT2D eigenvalue weighted by molar-refractivity contribution is 9.10. The van der Waals surface area contributed by atoms with Gasteiger partial charge >= 0.3 is 18.5 Å². The zero-order valence-electron chi connectivity index (χ0n) is 79.0. The fourth-order valence-electron chi connectivity index (χ4n) is 14.9. The number of aromatic nitrogens is 6. The molecule has 738 valence electrons. The first-order chi connectivity index (χ1) is 66.8. The lowest BCUT2D eigenvalue weighted by Gasteiger charge is -2.15. The van der Waals surface area contributed by atoms with Crippen molar-refractivity contribution >= 4 is 168 Å². The van der Waals surface area contributed by atoms with E-state index in [0.29, 0.717) is 72.8 Å². The van der Waals surface area contributed by atoms with Crippen LogP contribution in [0.2, 0.25) is 51.4 Å². The smallest absolute Gasteiger partial charge is 0.398 e. The molecular weight excluding hydrogens is 1990 g/mol. The number of amides is 7. The van der Waals surface area contributed by atoms with Crippen molar-refractivity contribution < 1.29 is 82.5 Å². The predicted octanol–water partition coefficient (Wildman–Crippen LogP) is 24.5. The number of benzene rings is 10. The summed E-state index contributed by atoms with van der Waals surface area (Å²) < 4.78 is 134. The molecule has 0 atom stereocenters. The summed E-state index contributed by atoms with van der Waals surface area (Å²) in [6.45, 7) is 22.1. The zero-order chi connectivity index (χ0) is 101. The van der Waals surface area contributed by atoms with E-state index < -0.39 is 69.1 Å². The number of halogens is 11. The summed E-state index contributed by atoms with van der Waals surface area (Å²) in [5.41, 5.74) is 16.2. The summed E-state index contributed by atoms with van der Waals surface area (Å²) in [7, 11) is -2.36. The van der Waals surface area contributed by atoms with Gasteiger partial charge in [0, 0.05) is 123 Å². The number of nitrogens with one attached hydrogen (secondary N) is 8. The standard InChI is InChI=1S/C33H37F3N4O3Si.C28H24F3N3O2.C17H24BrN3O2Si.C15H13F3N2O.C11H10BrN3O/c1-21-8-10-24(32(42)37-27-7-5-6-26(19-27)33(34,35)36)18-25(21)16-22-9-13-28-29(17-22)40(20-43-14-15-44(2,3)4)39-30(28)38-31(41)23-11-12-23;1-16-5-7-19(27(36)33-23-4-2-3-22(14-23)28(29,30)31)13-20(16)11-17-6-10-24-21(12-17)15-32-25(24)34-26(35)18-8-9-18;1-24(2,3)9-8-23-11-21-15-10-13(18)6-7-14(15)16(20-21)19-17(22)12-4-5-12;1-9-5-6-10(7-13(9)19)14(21)20-12-4-2-3-11(8-12)15(16,17)18;12-7-3-4-8-9(5-7)14-15-10(8)13-11(16)6-1-2-6/h5-10,13,17-19,23H,11-12,14-16,20H2,1-4H3,(H,37,42)(H,38,39,41);2-7,10,12-14,18H,8-9,11,15H2,1H3,(H,33,36)(H,32,34,35);6-7,10,12H,4-5,8-9,11H2,1-3H3,(H,19,20,22);2-8H,19H2,1H3,(H,20,21);3-6H,1-2H2,(H2,13,14,15,16). The number of aromatic amines is 1. The van der Waals surface area contributed by atoms with Gasteiger partial charge < -0.3 is 52.4 Å². The number of anilines is 7. The number of aryl methyl sites for hydroxylation is 3. The average molecular weight is 2100 g/mol. The van der Waals surface area contributed by atoms with Gasteiger partial charge in [-0.15, -0.1) is 0 Å². The Labute approximate surface area is 827 Å². The van der Waals surface area contributed by atoms with Crippen molar-refractivity contribution in [1.82, 2.24) is 35.1 Å². The van der Waals surface area contributed by atoms with Gasteiger partial charge in [-0.3, -0.25) is 43.7 Å². The lowest BCUT2D eigenvalue weighted by atomic mass is 9.95. The van der Waals surface area contributed by atoms with Gasteiger partial charge in [0.25, 0.3) is 17.7 Å². The molecule has 10 N–H and O–H groups in total. The number of nitrogen functional groups attached to an aromatic ring is 1. The molecular formula is C104H108Br2F9N15O9Si2. The van der Waals surface area contributed by atoms with Crippen LogP contribution in [0.4, 0.5) is 79.7 Å². The Bertz CT molecular complexity index is 6890. The number of hydrogen-bond acceptors (Lipinski definition) is 14. The van der Waals surface area contributed by atoms with Gasteiger partial charge in [-0.1, -0.05) is 132 Å². The number of fused-ring (bicyclic) bond motifs is 4. The van der Waals surface area contributed by atoms with Gasteiger partial charge in [-0.25, -0.2) is 9.36 Å². The van der Waals surface area contributed by atoms with Crippen molar-refractivity contribution in [1.29, 1.82) is 0 Å². The van der Waals surface area contributed by atoms with E-state index >= 15 is 0 Å². The molecule has 4 saturated carbocycles. The second-order valence-corrected chi connectivity index (χ2v) is 51.3. The van der Waals surface area contributed by atoms with E-state index in [9.17, 15) is 73.1 Å². The van der Waals surface area contributed by atoms with Crippen LogP contribution >= 0.6 is 31.9 Å². The number of hydrogen-bond donors (Lipinski definition) is 9. The van der Waals surface area contributed by atoms with E-state index in [4.69, 9.17) is 15.2 Å². The van der Waals surface area contributed by atoms with Crippen LogP contribution in [-0.2, 0) is 80.0 Å². The number of carbonyl (C=O) groups is 7. The van der Waals surface area contributed by atoms with E-state index in [2.05, 4.69) is 140 Å². The summed E-state index contributed by atoms with van der Waals surface area (Å²) in [5.74, 6) is 1.58. The van der Waals surface area contributed by atoms with Crippen molar-refractivity contribution in [3.8, 4) is 0 Å². The zero-order valence-corrected chi connectivity index (χ0v) is 84.1. The molecule has 10 aromatic carbocycles. The third kappa shape index (κ3) is 29.4. The molecule has 7 amide bonds. The van der Waals surface area contributed by atoms with E-state index in [0.717, 1.165) is 198 Å². The van der Waals surface area contributed by atoms with Gasteiger partial charge in [0.1, 0.15) is 19.3 Å². The minimum absolute atomic E-state index is 0.0175. The summed E-state index contributed by atoms with van der Waals surface area (Å²) in [4.78, 5) is 90.6. The fourth-order valence-corrected chi connectivity index (χ4v) is 17.1. The molecule has 24 nitrogen and oxygen atoms in total. The molecule has 13 aromatic rings. The van der Waals surface area contributed by atoms with Gasteiger partial charge in [-0.2, -0.15) is 54.8 Å². The van der Waals surface area contributed by atoms with Crippen LogP contribution in [0, 0.1) is 44.4 Å². The summed E-state index contributed by atoms with van der Waals surface area (Å²) in [5, 5.41) is 38.3. The van der Waals surface area contributed by atoms with Crippen LogP contribution in [0.15, 0.2) is 214 Å². The summed E-state index contributed by atoms with van der Waals surface area (Å²) >= 11 is 6.89. The minimum Gasteiger partial charge on any atom is -0.398 e. The van der Waals surface area contributed by atoms with Crippen molar-refractivity contribution in [2.24, 2.45) is 28.7 Å². The largest absolute Gasteiger partial charge is 0.416 e.